The maximum atomic E-state index is 12.2. The molecule has 3 N–H and O–H groups in total. The minimum atomic E-state index is -0.465. The van der Waals surface area contributed by atoms with Crippen molar-refractivity contribution in [2.45, 2.75) is 38.1 Å². The van der Waals surface area contributed by atoms with Gasteiger partial charge in [0.25, 0.3) is 5.69 Å². The Bertz CT molecular complexity index is 487. The van der Waals surface area contributed by atoms with Crippen LogP contribution in [0.15, 0.2) is 24.3 Å². The van der Waals surface area contributed by atoms with Crippen molar-refractivity contribution in [1.29, 1.82) is 0 Å². The van der Waals surface area contributed by atoms with Gasteiger partial charge in [-0.1, -0.05) is 19.3 Å². The van der Waals surface area contributed by atoms with Gasteiger partial charge in [0.15, 0.2) is 0 Å². The van der Waals surface area contributed by atoms with Crippen molar-refractivity contribution in [3.8, 4) is 0 Å². The smallest absolute Gasteiger partial charge is 0.269 e. The van der Waals surface area contributed by atoms with Crippen molar-refractivity contribution >= 4 is 17.3 Å². The number of hydrogen-bond donors (Lipinski definition) is 2. The van der Waals surface area contributed by atoms with Gasteiger partial charge in [-0.05, 0) is 25.0 Å². The van der Waals surface area contributed by atoms with E-state index in [-0.39, 0.29) is 23.6 Å². The van der Waals surface area contributed by atoms with Gasteiger partial charge in [0.05, 0.1) is 10.8 Å². The molecule has 1 aliphatic rings. The zero-order chi connectivity index (χ0) is 14.5. The number of non-ortho nitro benzene ring substituents is 1. The fourth-order valence-electron chi connectivity index (χ4n) is 2.56. The minimum Gasteiger partial charge on any atom is -0.327 e. The molecular weight excluding hydrogens is 258 g/mol. The molecule has 1 aliphatic carbocycles. The van der Waals surface area contributed by atoms with E-state index >= 15 is 0 Å². The second-order valence-corrected chi connectivity index (χ2v) is 5.20. The Morgan fingerprint density at radius 3 is 2.50 bits per heavy atom. The first kappa shape index (κ1) is 14.5. The molecule has 0 bridgehead atoms. The number of carbonyl (C=O) groups excluding carboxylic acids is 1. The summed E-state index contributed by atoms with van der Waals surface area (Å²) in [5, 5.41) is 13.4. The Kier molecular flexibility index (Phi) is 4.68. The topological polar surface area (TPSA) is 98.3 Å². The van der Waals surface area contributed by atoms with Gasteiger partial charge in [-0.3, -0.25) is 14.9 Å². The van der Waals surface area contributed by atoms with Crippen LogP contribution in [0.2, 0.25) is 0 Å². The Balaban J connectivity index is 2.01. The van der Waals surface area contributed by atoms with Gasteiger partial charge < -0.3 is 11.1 Å². The molecule has 0 heterocycles. The molecule has 1 fully saturated rings. The lowest BCUT2D eigenvalue weighted by Crippen LogP contribution is -2.37. The molecule has 1 saturated carbocycles. The molecular formula is C14H19N3O3. The third kappa shape index (κ3) is 3.54. The van der Waals surface area contributed by atoms with Crippen molar-refractivity contribution < 1.29 is 9.72 Å². The van der Waals surface area contributed by atoms with Gasteiger partial charge >= 0.3 is 0 Å². The number of hydrogen-bond acceptors (Lipinski definition) is 4. The monoisotopic (exact) mass is 277 g/mol. The lowest BCUT2D eigenvalue weighted by molar-refractivity contribution is -0.384. The average molecular weight is 277 g/mol. The number of nitrogens with one attached hydrogen (secondary N) is 1. The van der Waals surface area contributed by atoms with E-state index in [2.05, 4.69) is 5.32 Å². The van der Waals surface area contributed by atoms with Crippen molar-refractivity contribution in [2.75, 3.05) is 5.32 Å². The summed E-state index contributed by atoms with van der Waals surface area (Å²) in [5.41, 5.74) is 6.62. The van der Waals surface area contributed by atoms with E-state index in [4.69, 9.17) is 5.73 Å². The zero-order valence-electron chi connectivity index (χ0n) is 11.2. The number of benzene rings is 1. The van der Waals surface area contributed by atoms with Gasteiger partial charge in [-0.25, -0.2) is 0 Å². The van der Waals surface area contributed by atoms with E-state index in [1.54, 1.807) is 0 Å². The van der Waals surface area contributed by atoms with Crippen molar-refractivity contribution in [1.82, 2.24) is 0 Å². The van der Waals surface area contributed by atoms with Crippen LogP contribution < -0.4 is 11.1 Å². The largest absolute Gasteiger partial charge is 0.327 e. The van der Waals surface area contributed by atoms with Gasteiger partial charge in [0.1, 0.15) is 0 Å². The molecule has 0 aromatic heterocycles. The zero-order valence-corrected chi connectivity index (χ0v) is 11.2. The fourth-order valence-corrected chi connectivity index (χ4v) is 2.56. The lowest BCUT2D eigenvalue weighted by atomic mass is 9.94. The predicted molar refractivity (Wildman–Crippen MR) is 76.3 cm³/mol. The lowest BCUT2D eigenvalue weighted by Gasteiger charge is -2.20. The summed E-state index contributed by atoms with van der Waals surface area (Å²) >= 11 is 0. The molecule has 6 nitrogen and oxygen atoms in total. The maximum absolute atomic E-state index is 12.2. The molecule has 0 radical (unpaired) electrons. The van der Waals surface area contributed by atoms with Crippen LogP contribution in [-0.4, -0.2) is 16.9 Å². The molecule has 2 rings (SSSR count). The van der Waals surface area contributed by atoms with Crippen LogP contribution in [0.5, 0.6) is 0 Å². The number of carbonyl (C=O) groups is 1. The molecule has 1 amide bonds. The Morgan fingerprint density at radius 2 is 1.85 bits per heavy atom. The van der Waals surface area contributed by atoms with Gasteiger partial charge in [0.2, 0.25) is 5.91 Å². The molecule has 2 unspecified atom stereocenters. The SMILES string of the molecule is NC1CCCCCC1C(=O)Nc1ccc([N+](=O)[O-])cc1. The molecule has 108 valence electrons. The van der Waals surface area contributed by atoms with E-state index in [9.17, 15) is 14.9 Å². The van der Waals surface area contributed by atoms with E-state index in [0.29, 0.717) is 5.69 Å². The second-order valence-electron chi connectivity index (χ2n) is 5.20. The van der Waals surface area contributed by atoms with Crippen LogP contribution in [-0.2, 0) is 4.79 Å². The van der Waals surface area contributed by atoms with E-state index < -0.39 is 4.92 Å². The highest BCUT2D eigenvalue weighted by Gasteiger charge is 2.27. The van der Waals surface area contributed by atoms with Crippen LogP contribution in [0.3, 0.4) is 0 Å². The summed E-state index contributed by atoms with van der Waals surface area (Å²) in [6.07, 6.45) is 4.89. The van der Waals surface area contributed by atoms with Crippen LogP contribution in [0.4, 0.5) is 11.4 Å². The summed E-state index contributed by atoms with van der Waals surface area (Å²) in [6.45, 7) is 0. The number of amides is 1. The summed E-state index contributed by atoms with van der Waals surface area (Å²) in [7, 11) is 0. The summed E-state index contributed by atoms with van der Waals surface area (Å²) in [5.74, 6) is -0.263. The van der Waals surface area contributed by atoms with Gasteiger partial charge in [-0.15, -0.1) is 0 Å². The third-order valence-corrected chi connectivity index (χ3v) is 3.75. The van der Waals surface area contributed by atoms with Crippen LogP contribution in [0, 0.1) is 16.0 Å². The molecule has 1 aromatic carbocycles. The first-order valence-corrected chi connectivity index (χ1v) is 6.89. The Hall–Kier alpha value is -1.95. The highest BCUT2D eigenvalue weighted by atomic mass is 16.6. The normalized spacial score (nSPS) is 22.9. The maximum Gasteiger partial charge on any atom is 0.269 e. The Labute approximate surface area is 117 Å². The van der Waals surface area contributed by atoms with Crippen molar-refractivity contribution in [2.24, 2.45) is 11.7 Å². The first-order chi connectivity index (χ1) is 9.58. The van der Waals surface area contributed by atoms with Crippen molar-refractivity contribution in [3.63, 3.8) is 0 Å². The first-order valence-electron chi connectivity index (χ1n) is 6.89. The quantitative estimate of drug-likeness (QED) is 0.503. The average Bonchev–Trinajstić information content (AvgIpc) is 2.64. The number of anilines is 1. The van der Waals surface area contributed by atoms with E-state index in [1.807, 2.05) is 0 Å². The fraction of sp³-hybridized carbons (Fsp3) is 0.500. The number of nitro benzene ring substituents is 1. The summed E-state index contributed by atoms with van der Waals surface area (Å²) in [4.78, 5) is 22.3. The van der Waals surface area contributed by atoms with Crippen LogP contribution in [0.1, 0.15) is 32.1 Å². The Morgan fingerprint density at radius 1 is 1.20 bits per heavy atom. The number of nitrogens with two attached hydrogens (primary N) is 1. The van der Waals surface area contributed by atoms with Crippen LogP contribution in [0.25, 0.3) is 0 Å². The molecule has 0 aliphatic heterocycles. The van der Waals surface area contributed by atoms with Gasteiger partial charge in [-0.2, -0.15) is 0 Å². The van der Waals surface area contributed by atoms with Gasteiger partial charge in [0, 0.05) is 23.9 Å². The van der Waals surface area contributed by atoms with E-state index in [1.165, 1.54) is 24.3 Å². The molecule has 2 atom stereocenters. The minimum absolute atomic E-state index is 0.00849. The number of nitrogens with zero attached hydrogens (tertiary/aromatic N) is 1. The summed E-state index contributed by atoms with van der Waals surface area (Å²) in [6, 6.07) is 5.73. The molecule has 0 saturated heterocycles. The molecule has 20 heavy (non-hydrogen) atoms. The number of nitro groups is 1. The predicted octanol–water partition coefficient (Wildman–Crippen LogP) is 2.44. The van der Waals surface area contributed by atoms with Crippen LogP contribution >= 0.6 is 0 Å². The van der Waals surface area contributed by atoms with E-state index in [0.717, 1.165) is 32.1 Å². The summed E-state index contributed by atoms with van der Waals surface area (Å²) < 4.78 is 0. The third-order valence-electron chi connectivity index (χ3n) is 3.75. The molecule has 1 aromatic rings. The second kappa shape index (κ2) is 6.47. The number of rotatable bonds is 3. The highest BCUT2D eigenvalue weighted by molar-refractivity contribution is 5.93. The molecule has 0 spiro atoms. The standard InChI is InChI=1S/C14H19N3O3/c15-13-5-3-1-2-4-12(13)14(18)16-10-6-8-11(9-7-10)17(19)20/h6-9,12-13H,1-5,15H2,(H,16,18). The highest BCUT2D eigenvalue weighted by Crippen LogP contribution is 2.24. The van der Waals surface area contributed by atoms with Crippen molar-refractivity contribution in [3.05, 3.63) is 34.4 Å². The molecule has 6 heteroatoms.